The Bertz CT molecular complexity index is 311. The van der Waals surface area contributed by atoms with E-state index in [1.54, 1.807) is 4.90 Å². The number of carbonyl (C=O) groups is 2. The van der Waals surface area contributed by atoms with E-state index in [9.17, 15) is 9.59 Å². The van der Waals surface area contributed by atoms with E-state index in [-0.39, 0.29) is 12.7 Å². The van der Waals surface area contributed by atoms with E-state index in [1.165, 1.54) is 6.08 Å². The van der Waals surface area contributed by atoms with Gasteiger partial charge in [0.1, 0.15) is 12.6 Å². The van der Waals surface area contributed by atoms with Crippen LogP contribution in [-0.4, -0.2) is 65.8 Å². The molecule has 0 radical (unpaired) electrons. The summed E-state index contributed by atoms with van der Waals surface area (Å²) in [6, 6.07) is -0.462. The number of carboxylic acids is 1. The van der Waals surface area contributed by atoms with Gasteiger partial charge >= 0.3 is 12.1 Å². The van der Waals surface area contributed by atoms with Crippen LogP contribution in [0.1, 0.15) is 13.3 Å². The summed E-state index contributed by atoms with van der Waals surface area (Å²) in [7, 11) is 0. The molecular formula is C12H20N2O4. The van der Waals surface area contributed by atoms with Gasteiger partial charge in [0.25, 0.3) is 0 Å². The first-order valence-electron chi connectivity index (χ1n) is 6.09. The minimum atomic E-state index is -0.805. The maximum Gasteiger partial charge on any atom is 0.410 e. The third-order valence-electron chi connectivity index (χ3n) is 3.01. The van der Waals surface area contributed by atoms with Crippen molar-refractivity contribution < 1.29 is 19.4 Å². The molecule has 1 atom stereocenters. The van der Waals surface area contributed by atoms with E-state index < -0.39 is 12.0 Å². The summed E-state index contributed by atoms with van der Waals surface area (Å²) in [4.78, 5) is 26.1. The third kappa shape index (κ3) is 3.73. The summed E-state index contributed by atoms with van der Waals surface area (Å²) in [5, 5.41) is 9.06. The Morgan fingerprint density at radius 1 is 1.39 bits per heavy atom. The van der Waals surface area contributed by atoms with Gasteiger partial charge in [-0.1, -0.05) is 19.6 Å². The van der Waals surface area contributed by atoms with Crippen molar-refractivity contribution in [1.29, 1.82) is 0 Å². The fourth-order valence-electron chi connectivity index (χ4n) is 2.03. The topological polar surface area (TPSA) is 70.1 Å². The lowest BCUT2D eigenvalue weighted by Gasteiger charge is -2.36. The molecule has 1 fully saturated rings. The Morgan fingerprint density at radius 3 is 2.44 bits per heavy atom. The molecule has 1 aliphatic rings. The second-order valence-corrected chi connectivity index (χ2v) is 4.15. The molecular weight excluding hydrogens is 236 g/mol. The number of rotatable bonds is 5. The van der Waals surface area contributed by atoms with Gasteiger partial charge in [-0.3, -0.25) is 9.69 Å². The molecule has 0 aromatic heterocycles. The van der Waals surface area contributed by atoms with Crippen LogP contribution in [0, 0.1) is 0 Å². The normalized spacial score (nSPS) is 18.2. The second-order valence-electron chi connectivity index (χ2n) is 4.15. The van der Waals surface area contributed by atoms with E-state index in [2.05, 4.69) is 6.58 Å². The number of aliphatic carboxylic acids is 1. The summed E-state index contributed by atoms with van der Waals surface area (Å²) >= 11 is 0. The molecule has 0 saturated carbocycles. The van der Waals surface area contributed by atoms with Gasteiger partial charge in [0.15, 0.2) is 0 Å². The minimum Gasteiger partial charge on any atom is -0.480 e. The number of nitrogens with zero attached hydrogens (tertiary/aromatic N) is 2. The Kier molecular flexibility index (Phi) is 5.64. The number of carbonyl (C=O) groups excluding carboxylic acids is 1. The van der Waals surface area contributed by atoms with Crippen molar-refractivity contribution in [3.8, 4) is 0 Å². The number of hydrogen-bond acceptors (Lipinski definition) is 4. The zero-order chi connectivity index (χ0) is 13.5. The predicted octanol–water partition coefficient (Wildman–Crippen LogP) is 0.790. The SMILES string of the molecule is C=CCOC(=O)N1CCN(C(CC)C(=O)O)CC1. The fraction of sp³-hybridized carbons (Fsp3) is 0.667. The number of ether oxygens (including phenoxy) is 1. The van der Waals surface area contributed by atoms with E-state index in [0.29, 0.717) is 32.6 Å². The maximum atomic E-state index is 11.6. The first kappa shape index (κ1) is 14.5. The molecule has 0 aliphatic carbocycles. The van der Waals surface area contributed by atoms with E-state index in [0.717, 1.165) is 0 Å². The lowest BCUT2D eigenvalue weighted by molar-refractivity contribution is -0.144. The molecule has 0 aromatic rings. The van der Waals surface area contributed by atoms with Gasteiger partial charge in [0.2, 0.25) is 0 Å². The zero-order valence-electron chi connectivity index (χ0n) is 10.7. The third-order valence-corrected chi connectivity index (χ3v) is 3.01. The summed E-state index contributed by atoms with van der Waals surface area (Å²) < 4.78 is 4.93. The smallest absolute Gasteiger partial charge is 0.410 e. The van der Waals surface area contributed by atoms with Crippen LogP contribution in [0.4, 0.5) is 4.79 Å². The monoisotopic (exact) mass is 256 g/mol. The fourth-order valence-corrected chi connectivity index (χ4v) is 2.03. The minimum absolute atomic E-state index is 0.200. The van der Waals surface area contributed by atoms with Crippen molar-refractivity contribution in [2.24, 2.45) is 0 Å². The first-order chi connectivity index (χ1) is 8.60. The lowest BCUT2D eigenvalue weighted by Crippen LogP contribution is -2.53. The summed E-state index contributed by atoms with van der Waals surface area (Å²) in [5.41, 5.74) is 0. The molecule has 18 heavy (non-hydrogen) atoms. The molecule has 0 bridgehead atoms. The average molecular weight is 256 g/mol. The van der Waals surface area contributed by atoms with E-state index in [4.69, 9.17) is 9.84 Å². The molecule has 6 nitrogen and oxygen atoms in total. The Morgan fingerprint density at radius 2 is 2.00 bits per heavy atom. The molecule has 1 saturated heterocycles. The molecule has 0 aromatic carbocycles. The van der Waals surface area contributed by atoms with Crippen molar-refractivity contribution >= 4 is 12.1 Å². The van der Waals surface area contributed by atoms with Crippen LogP contribution in [0.25, 0.3) is 0 Å². The lowest BCUT2D eigenvalue weighted by atomic mass is 10.1. The summed E-state index contributed by atoms with van der Waals surface area (Å²) in [5.74, 6) is -0.805. The van der Waals surface area contributed by atoms with Gasteiger partial charge in [-0.15, -0.1) is 0 Å². The van der Waals surface area contributed by atoms with Crippen LogP contribution in [0.2, 0.25) is 0 Å². The van der Waals surface area contributed by atoms with Gasteiger partial charge < -0.3 is 14.7 Å². The highest BCUT2D eigenvalue weighted by Gasteiger charge is 2.29. The highest BCUT2D eigenvalue weighted by molar-refractivity contribution is 5.73. The Labute approximate surface area is 107 Å². The molecule has 102 valence electrons. The van der Waals surface area contributed by atoms with Gasteiger partial charge in [0, 0.05) is 26.2 Å². The quantitative estimate of drug-likeness (QED) is 0.736. The molecule has 6 heteroatoms. The Hall–Kier alpha value is -1.56. The van der Waals surface area contributed by atoms with Crippen LogP contribution >= 0.6 is 0 Å². The van der Waals surface area contributed by atoms with Crippen LogP contribution < -0.4 is 0 Å². The molecule has 1 aliphatic heterocycles. The van der Waals surface area contributed by atoms with Gasteiger partial charge in [-0.05, 0) is 6.42 Å². The van der Waals surface area contributed by atoms with Crippen LogP contribution in [0.5, 0.6) is 0 Å². The molecule has 0 spiro atoms. The van der Waals surface area contributed by atoms with E-state index in [1.807, 2.05) is 11.8 Å². The molecule has 1 unspecified atom stereocenters. The molecule has 1 amide bonds. The number of piperazine rings is 1. The van der Waals surface area contributed by atoms with Crippen LogP contribution in [0.3, 0.4) is 0 Å². The average Bonchev–Trinajstić information content (AvgIpc) is 2.37. The van der Waals surface area contributed by atoms with Crippen LogP contribution in [-0.2, 0) is 9.53 Å². The zero-order valence-corrected chi connectivity index (χ0v) is 10.7. The van der Waals surface area contributed by atoms with Crippen molar-refractivity contribution in [2.45, 2.75) is 19.4 Å². The maximum absolute atomic E-state index is 11.6. The molecule has 1 rings (SSSR count). The number of hydrogen-bond donors (Lipinski definition) is 1. The predicted molar refractivity (Wildman–Crippen MR) is 66.4 cm³/mol. The Balaban J connectivity index is 2.42. The van der Waals surface area contributed by atoms with Crippen molar-refractivity contribution in [1.82, 2.24) is 9.80 Å². The van der Waals surface area contributed by atoms with Crippen molar-refractivity contribution in [3.63, 3.8) is 0 Å². The van der Waals surface area contributed by atoms with Gasteiger partial charge in [-0.25, -0.2) is 4.79 Å². The van der Waals surface area contributed by atoms with E-state index >= 15 is 0 Å². The van der Waals surface area contributed by atoms with Crippen LogP contribution in [0.15, 0.2) is 12.7 Å². The van der Waals surface area contributed by atoms with Gasteiger partial charge in [-0.2, -0.15) is 0 Å². The summed E-state index contributed by atoms with van der Waals surface area (Å²) in [6.07, 6.45) is 1.72. The standard InChI is InChI=1S/C12H20N2O4/c1-3-9-18-12(17)14-7-5-13(6-8-14)10(4-2)11(15)16/h3,10H,1,4-9H2,2H3,(H,15,16). The summed E-state index contributed by atoms with van der Waals surface area (Å²) in [6.45, 7) is 7.65. The van der Waals surface area contributed by atoms with Gasteiger partial charge in [0.05, 0.1) is 0 Å². The number of carboxylic acid groups (broad SMARTS) is 1. The molecule has 1 heterocycles. The second kappa shape index (κ2) is 7.00. The van der Waals surface area contributed by atoms with Crippen molar-refractivity contribution in [2.75, 3.05) is 32.8 Å². The largest absolute Gasteiger partial charge is 0.480 e. The molecule has 1 N–H and O–H groups in total. The first-order valence-corrected chi connectivity index (χ1v) is 6.09. The highest BCUT2D eigenvalue weighted by Crippen LogP contribution is 2.10. The highest BCUT2D eigenvalue weighted by atomic mass is 16.6. The number of amides is 1. The van der Waals surface area contributed by atoms with Crippen molar-refractivity contribution in [3.05, 3.63) is 12.7 Å².